The second kappa shape index (κ2) is 15.7. The largest absolute Gasteiger partial charge is 0.472 e. The Morgan fingerprint density at radius 1 is 0.815 bits per heavy atom. The highest BCUT2D eigenvalue weighted by Gasteiger charge is 2.21. The zero-order valence-electron chi connectivity index (χ0n) is 17.9. The molecule has 4 nitrogen and oxygen atoms in total. The van der Waals surface area contributed by atoms with E-state index in [-0.39, 0.29) is 0 Å². The summed E-state index contributed by atoms with van der Waals surface area (Å²) in [6.07, 6.45) is 25.4. The molecule has 1 heterocycles. The zero-order chi connectivity index (χ0) is 19.7. The molecule has 0 aromatic carbocycles. The van der Waals surface area contributed by atoms with Gasteiger partial charge in [0, 0.05) is 0 Å². The SMILES string of the molecule is CCCCCCCCCCCCCCCCCCn1cc[n+](C)c1C(=O)O. The molecule has 1 aromatic heterocycles. The third kappa shape index (κ3) is 11.2. The van der Waals surface area contributed by atoms with E-state index in [9.17, 15) is 9.90 Å². The van der Waals surface area contributed by atoms with E-state index in [4.69, 9.17) is 0 Å². The van der Waals surface area contributed by atoms with Crippen LogP contribution in [-0.4, -0.2) is 15.6 Å². The number of carboxylic acid groups (broad SMARTS) is 1. The van der Waals surface area contributed by atoms with E-state index in [2.05, 4.69) is 6.92 Å². The summed E-state index contributed by atoms with van der Waals surface area (Å²) in [5.74, 6) is -0.477. The molecule has 27 heavy (non-hydrogen) atoms. The summed E-state index contributed by atoms with van der Waals surface area (Å²) in [4.78, 5) is 11.2. The van der Waals surface area contributed by atoms with Crippen molar-refractivity contribution in [2.75, 3.05) is 0 Å². The van der Waals surface area contributed by atoms with Crippen molar-refractivity contribution in [1.82, 2.24) is 4.57 Å². The van der Waals surface area contributed by atoms with E-state index in [0.717, 1.165) is 13.0 Å². The molecule has 4 heteroatoms. The molecule has 0 aliphatic carbocycles. The number of rotatable bonds is 18. The van der Waals surface area contributed by atoms with Gasteiger partial charge in [-0.15, -0.1) is 0 Å². The average molecular weight is 380 g/mol. The quantitative estimate of drug-likeness (QED) is 0.241. The molecule has 0 bridgehead atoms. The number of carbonyl (C=O) groups is 1. The summed E-state index contributed by atoms with van der Waals surface area (Å²) in [5.41, 5.74) is 0. The van der Waals surface area contributed by atoms with Crippen LogP contribution < -0.4 is 4.57 Å². The number of hydrogen-bond acceptors (Lipinski definition) is 1. The van der Waals surface area contributed by atoms with Crippen LogP contribution in [0.5, 0.6) is 0 Å². The Labute approximate surface area is 167 Å². The van der Waals surface area contributed by atoms with Crippen molar-refractivity contribution in [3.63, 3.8) is 0 Å². The van der Waals surface area contributed by atoms with Crippen molar-refractivity contribution in [1.29, 1.82) is 0 Å². The average Bonchev–Trinajstić information content (AvgIpc) is 3.02. The van der Waals surface area contributed by atoms with Crippen LogP contribution in [0.15, 0.2) is 12.4 Å². The molecule has 0 spiro atoms. The molecule has 156 valence electrons. The van der Waals surface area contributed by atoms with Gasteiger partial charge < -0.3 is 5.11 Å². The van der Waals surface area contributed by atoms with Crippen molar-refractivity contribution in [2.45, 2.75) is 116 Å². The van der Waals surface area contributed by atoms with Gasteiger partial charge in [0.15, 0.2) is 0 Å². The Balaban J connectivity index is 1.85. The van der Waals surface area contributed by atoms with E-state index in [1.165, 1.54) is 96.3 Å². The Kier molecular flexibility index (Phi) is 13.8. The Morgan fingerprint density at radius 2 is 1.22 bits per heavy atom. The highest BCUT2D eigenvalue weighted by atomic mass is 16.4. The topological polar surface area (TPSA) is 46.1 Å². The standard InChI is InChI=1S/C23H42N2O2/c1-3-4-5-6-7-8-9-10-11-12-13-14-15-16-17-18-19-25-21-20-24(2)22(25)23(26)27/h20-21H,3-19H2,1-2H3/p+1. The first-order valence-corrected chi connectivity index (χ1v) is 11.4. The van der Waals surface area contributed by atoms with Crippen LogP contribution in [0.4, 0.5) is 0 Å². The number of aromatic nitrogens is 2. The molecule has 0 saturated heterocycles. The molecule has 0 aliphatic heterocycles. The fourth-order valence-electron chi connectivity index (χ4n) is 3.81. The van der Waals surface area contributed by atoms with Crippen LogP contribution in [0.3, 0.4) is 0 Å². The minimum atomic E-state index is -0.848. The number of aromatic carboxylic acids is 1. The van der Waals surface area contributed by atoms with E-state index >= 15 is 0 Å². The summed E-state index contributed by atoms with van der Waals surface area (Å²) in [7, 11) is 1.79. The fourth-order valence-corrected chi connectivity index (χ4v) is 3.81. The third-order valence-corrected chi connectivity index (χ3v) is 5.52. The molecular formula is C23H43N2O2+. The number of hydrogen-bond donors (Lipinski definition) is 1. The third-order valence-electron chi connectivity index (χ3n) is 5.52. The van der Waals surface area contributed by atoms with Crippen molar-refractivity contribution in [2.24, 2.45) is 7.05 Å². The number of unbranched alkanes of at least 4 members (excludes halogenated alkanes) is 15. The van der Waals surface area contributed by atoms with Crippen molar-refractivity contribution in [3.05, 3.63) is 18.2 Å². The number of imidazole rings is 1. The van der Waals surface area contributed by atoms with Gasteiger partial charge in [-0.3, -0.25) is 0 Å². The Hall–Kier alpha value is -1.32. The molecule has 0 unspecified atom stereocenters. The number of nitrogens with zero attached hydrogens (tertiary/aromatic N) is 2. The van der Waals surface area contributed by atoms with E-state index in [1.807, 2.05) is 17.0 Å². The smallest absolute Gasteiger partial charge is 0.419 e. The molecule has 0 aliphatic rings. The van der Waals surface area contributed by atoms with Crippen LogP contribution in [0, 0.1) is 0 Å². The highest BCUT2D eigenvalue weighted by molar-refractivity contribution is 5.81. The van der Waals surface area contributed by atoms with E-state index < -0.39 is 5.97 Å². The van der Waals surface area contributed by atoms with Crippen molar-refractivity contribution < 1.29 is 14.5 Å². The zero-order valence-corrected chi connectivity index (χ0v) is 17.9. The minimum Gasteiger partial charge on any atom is -0.472 e. The van der Waals surface area contributed by atoms with Gasteiger partial charge in [-0.2, -0.15) is 0 Å². The van der Waals surface area contributed by atoms with Crippen molar-refractivity contribution >= 4 is 5.97 Å². The normalized spacial score (nSPS) is 11.2. The molecule has 1 rings (SSSR count). The second-order valence-corrected chi connectivity index (χ2v) is 8.03. The van der Waals surface area contributed by atoms with Crippen LogP contribution in [0.1, 0.15) is 120 Å². The maximum absolute atomic E-state index is 11.2. The first-order valence-electron chi connectivity index (χ1n) is 11.4. The monoisotopic (exact) mass is 379 g/mol. The lowest BCUT2D eigenvalue weighted by Gasteiger charge is -2.03. The predicted molar refractivity (Wildman–Crippen MR) is 112 cm³/mol. The summed E-state index contributed by atoms with van der Waals surface area (Å²) >= 11 is 0. The molecule has 0 atom stereocenters. The van der Waals surface area contributed by atoms with E-state index in [1.54, 1.807) is 11.6 Å². The molecule has 1 N–H and O–H groups in total. The van der Waals surface area contributed by atoms with Crippen LogP contribution in [-0.2, 0) is 13.6 Å². The van der Waals surface area contributed by atoms with Gasteiger partial charge >= 0.3 is 11.8 Å². The van der Waals surface area contributed by atoms with Crippen LogP contribution >= 0.6 is 0 Å². The van der Waals surface area contributed by atoms with Gasteiger partial charge in [0.1, 0.15) is 12.4 Å². The van der Waals surface area contributed by atoms with Crippen LogP contribution in [0.25, 0.3) is 0 Å². The predicted octanol–water partition coefficient (Wildman–Crippen LogP) is 6.27. The highest BCUT2D eigenvalue weighted by Crippen LogP contribution is 2.14. The van der Waals surface area contributed by atoms with E-state index in [0.29, 0.717) is 5.82 Å². The van der Waals surface area contributed by atoms with Gasteiger partial charge in [0.25, 0.3) is 0 Å². The minimum absolute atomic E-state index is 0.371. The number of carboxylic acids is 1. The molecule has 1 aromatic rings. The Morgan fingerprint density at radius 3 is 1.63 bits per heavy atom. The molecule has 0 radical (unpaired) electrons. The van der Waals surface area contributed by atoms with Gasteiger partial charge in [0.05, 0.1) is 13.6 Å². The summed E-state index contributed by atoms with van der Waals surface area (Å²) < 4.78 is 3.53. The number of aryl methyl sites for hydroxylation is 2. The van der Waals surface area contributed by atoms with Crippen molar-refractivity contribution in [3.8, 4) is 0 Å². The Bertz CT molecular complexity index is 497. The second-order valence-electron chi connectivity index (χ2n) is 8.03. The van der Waals surface area contributed by atoms with Gasteiger partial charge in [-0.05, 0) is 12.8 Å². The first-order chi connectivity index (χ1) is 13.2. The molecule has 0 saturated carbocycles. The molecule has 0 amide bonds. The van der Waals surface area contributed by atoms with Gasteiger partial charge in [0.2, 0.25) is 0 Å². The maximum Gasteiger partial charge on any atom is 0.419 e. The summed E-state index contributed by atoms with van der Waals surface area (Å²) in [6, 6.07) is 0. The lowest BCUT2D eigenvalue weighted by atomic mass is 10.0. The maximum atomic E-state index is 11.2. The van der Waals surface area contributed by atoms with Crippen LogP contribution in [0.2, 0.25) is 0 Å². The fraction of sp³-hybridized carbons (Fsp3) is 0.826. The lowest BCUT2D eigenvalue weighted by molar-refractivity contribution is -0.673. The first kappa shape index (κ1) is 23.7. The summed E-state index contributed by atoms with van der Waals surface area (Å²) in [5, 5.41) is 9.23. The van der Waals surface area contributed by atoms with Gasteiger partial charge in [-0.1, -0.05) is 96.8 Å². The summed E-state index contributed by atoms with van der Waals surface area (Å²) in [6.45, 7) is 3.08. The lowest BCUT2D eigenvalue weighted by Crippen LogP contribution is -2.35. The molecular weight excluding hydrogens is 336 g/mol. The van der Waals surface area contributed by atoms with Gasteiger partial charge in [-0.25, -0.2) is 13.9 Å². The molecule has 0 fully saturated rings.